The normalized spacial score (nSPS) is 15.5. The lowest BCUT2D eigenvalue weighted by Gasteiger charge is -2.33. The van der Waals surface area contributed by atoms with Crippen LogP contribution in [0.5, 0.6) is 0 Å². The second kappa shape index (κ2) is 49.8. The van der Waals surface area contributed by atoms with Gasteiger partial charge in [0.1, 0.15) is 52.3 Å². The first kappa shape index (κ1) is 119. The largest absolute Gasteiger partial charge is 0.476 e. The van der Waals surface area contributed by atoms with E-state index in [2.05, 4.69) is 18.9 Å². The molecule has 0 aromatic heterocycles. The minimum atomic E-state index is -6.27. The van der Waals surface area contributed by atoms with Crippen molar-refractivity contribution in [3.05, 3.63) is 12.1 Å². The van der Waals surface area contributed by atoms with E-state index in [0.717, 1.165) is 0 Å². The molecule has 2 fully saturated rings. The Kier molecular flexibility index (Phi) is 61.3. The minimum Gasteiger partial charge on any atom is -0.400 e. The summed E-state index contributed by atoms with van der Waals surface area (Å²) >= 11 is 0. The fourth-order valence-corrected chi connectivity index (χ4v) is 1.61. The Hall–Kier alpha value is -4.65. The van der Waals surface area contributed by atoms with Crippen LogP contribution in [0.4, 0.5) is 181 Å². The van der Waals surface area contributed by atoms with Crippen LogP contribution < -0.4 is 0 Å². The average Bonchev–Trinajstić information content (AvgIpc) is 1.81. The van der Waals surface area contributed by atoms with Crippen molar-refractivity contribution in [3.8, 4) is 0 Å². The summed E-state index contributed by atoms with van der Waals surface area (Å²) in [6, 6.07) is -3.09. The molecule has 0 saturated carbocycles. The van der Waals surface area contributed by atoms with Gasteiger partial charge in [0.05, 0.1) is 6.61 Å². The first-order chi connectivity index (χ1) is 41.6. The van der Waals surface area contributed by atoms with Crippen molar-refractivity contribution in [1.82, 2.24) is 0 Å². The number of hydrogen-bond acceptors (Lipinski definition) is 22. The van der Waals surface area contributed by atoms with Gasteiger partial charge in [-0.15, -0.1) is 0 Å². The highest BCUT2D eigenvalue weighted by molar-refractivity contribution is 7.82. The summed E-state index contributed by atoms with van der Waals surface area (Å²) in [5.41, 5.74) is -10.3. The number of epoxide rings is 2. The van der Waals surface area contributed by atoms with Gasteiger partial charge < -0.3 is 14.2 Å². The molecule has 2 aliphatic rings. The SMILES string of the molecule is FC(F)(F)C1(F)CO1.FCC(F)(CF)C(F)(F)OC(F)=C(F)F.FCC1(CF)CO1.FCF.O=C(CF)CF.O=CC(F)(OC(F)(F)C(F)(CF)CF)C(F)(F)F.O=S(=O)(F)F.O=S(=O)(F)F.O=S(=O)(F)F.O=S(=O)(F)F.O=S(=O)(F)F.O=S(=O)(F)F.O=S(=O)(F)F.O=S(=O)(F)F. The molecule has 2 aliphatic heterocycles. The summed E-state index contributed by atoms with van der Waals surface area (Å²) in [5.74, 6) is -9.89. The number of carbonyl (C=O) groups is 2. The lowest BCUT2D eigenvalue weighted by atomic mass is 10.1. The standard InChI is InChI=1S/C7H5F9O2.C6H4F8O.C4H6F2O.C3H2F4O.C3H4F2O.CH2F2.8F2O2S/c8-1-4(10,2-9)7(15,16)18-5(11,3-17)6(12,13)14;7-1-5(12,2-8)6(13,14)15-4(11)3(9)10;5-1-4(2-6)3-7-4;4-2(1-8-2)3(5,6)7;4-1-3(6)2-5;2-1-3;8*1-5(2,3)4/h3H,1-2H2;1-2H2;1-3H2;1H2;1-2H2;1H2;;;;;;;;. The van der Waals surface area contributed by atoms with E-state index < -0.39 is 229 Å². The second-order valence-corrected chi connectivity index (χ2v) is 18.7. The van der Waals surface area contributed by atoms with Gasteiger partial charge in [0, 0.05) is 0 Å². The first-order valence-electron chi connectivity index (χ1n) is 18.3. The third-order valence-corrected chi connectivity index (χ3v) is 5.23. The molecule has 0 amide bonds. The molecule has 0 bridgehead atoms. The van der Waals surface area contributed by atoms with Crippen molar-refractivity contribution in [1.29, 1.82) is 0 Å². The Morgan fingerprint density at radius 3 is 0.680 bits per heavy atom. The van der Waals surface area contributed by atoms with E-state index in [9.17, 15) is 190 Å². The molecule has 2 rings (SSSR count). The van der Waals surface area contributed by atoms with Crippen LogP contribution in [0.1, 0.15) is 0 Å². The number of hydrogen-bond donors (Lipinski definition) is 0. The van der Waals surface area contributed by atoms with Crippen LogP contribution in [-0.4, -0.2) is 206 Å². The molecule has 2 heterocycles. The molecule has 0 spiro atoms. The van der Waals surface area contributed by atoms with E-state index in [1.54, 1.807) is 0 Å². The van der Waals surface area contributed by atoms with Crippen LogP contribution in [0.25, 0.3) is 0 Å². The fraction of sp³-hybridized carbons (Fsp3) is 0.833. The number of rotatable bonds is 15. The number of ether oxygens (including phenoxy) is 4. The van der Waals surface area contributed by atoms with Gasteiger partial charge in [0.25, 0.3) is 11.3 Å². The van der Waals surface area contributed by atoms with Crippen molar-refractivity contribution in [2.24, 2.45) is 0 Å². The summed E-state index contributed by atoms with van der Waals surface area (Å²) in [4.78, 5) is 19.2. The van der Waals surface area contributed by atoms with E-state index in [1.165, 1.54) is 0 Å². The van der Waals surface area contributed by atoms with Gasteiger partial charge in [0.2, 0.25) is 6.93 Å². The van der Waals surface area contributed by atoms with Crippen molar-refractivity contribution in [2.45, 2.75) is 53.2 Å². The van der Waals surface area contributed by atoms with Crippen molar-refractivity contribution in [3.63, 3.8) is 0 Å². The first-order valence-corrected chi connectivity index (χ1v) is 28.6. The van der Waals surface area contributed by atoms with Crippen LogP contribution in [0, 0.1) is 0 Å². The van der Waals surface area contributed by atoms with Gasteiger partial charge >= 0.3 is 133 Å². The predicted molar refractivity (Wildman–Crippen MR) is 220 cm³/mol. The Labute approximate surface area is 511 Å². The van der Waals surface area contributed by atoms with Crippen LogP contribution >= 0.6 is 0 Å². The lowest BCUT2D eigenvalue weighted by molar-refractivity contribution is -0.418. The Balaban J connectivity index is -0.0000000831. The van der Waals surface area contributed by atoms with Crippen LogP contribution in [0.2, 0.25) is 0 Å². The second-order valence-electron chi connectivity index (χ2n) is 12.7. The third-order valence-electron chi connectivity index (χ3n) is 5.23. The zero-order valence-electron chi connectivity index (χ0n) is 42.9. The van der Waals surface area contributed by atoms with E-state index >= 15 is 0 Å². The molecule has 97 heavy (non-hydrogen) atoms. The molecule has 2 saturated heterocycles. The average molecular weight is 1740 g/mol. The molecule has 0 aromatic rings. The molecule has 22 nitrogen and oxygen atoms in total. The molecular formula is C24H23F43O22S8. The molecule has 0 aromatic carbocycles. The summed E-state index contributed by atoms with van der Waals surface area (Å²) in [6.07, 6.45) is -27.3. The molecule has 2 unspecified atom stereocenters. The van der Waals surface area contributed by atoms with Crippen LogP contribution in [0.3, 0.4) is 0 Å². The maximum absolute atomic E-state index is 12.8. The Bertz CT molecular complexity index is 2680. The highest BCUT2D eigenvalue weighted by Gasteiger charge is 2.69. The molecule has 73 heteroatoms. The number of alkyl halides is 24. The molecule has 0 N–H and O–H groups in total. The van der Waals surface area contributed by atoms with Gasteiger partial charge in [-0.1, -0.05) is 62.2 Å². The van der Waals surface area contributed by atoms with Crippen LogP contribution in [-0.2, 0) is 113 Å². The number of carbonyl (C=O) groups excluding carboxylic acids is 2. The summed E-state index contributed by atoms with van der Waals surface area (Å²) in [7, 11) is -45.3. The van der Waals surface area contributed by atoms with Crippen molar-refractivity contribution >= 4 is 96.9 Å². The fourth-order valence-electron chi connectivity index (χ4n) is 1.61. The van der Waals surface area contributed by atoms with Crippen molar-refractivity contribution < 1.29 is 277 Å². The molecule has 0 radical (unpaired) electrons. The summed E-state index contributed by atoms with van der Waals surface area (Å²) < 4.78 is 620. The van der Waals surface area contributed by atoms with Gasteiger partial charge in [-0.3, -0.25) is 14.3 Å². The Morgan fingerprint density at radius 1 is 0.402 bits per heavy atom. The molecule has 0 aliphatic carbocycles. The topological polar surface area (TPSA) is 351 Å². The molecular weight excluding hydrogens is 1710 g/mol. The minimum absolute atomic E-state index is 0.250. The predicted octanol–water partition coefficient (Wildman–Crippen LogP) is 10.6. The van der Waals surface area contributed by atoms with Gasteiger partial charge in [-0.2, -0.15) is 133 Å². The van der Waals surface area contributed by atoms with E-state index in [0.29, 0.717) is 0 Å². The highest BCUT2D eigenvalue weighted by Crippen LogP contribution is 2.45. The van der Waals surface area contributed by atoms with E-state index in [-0.39, 0.29) is 6.61 Å². The quantitative estimate of drug-likeness (QED) is 0.0483. The lowest BCUT2D eigenvalue weighted by Crippen LogP contribution is -2.58. The third kappa shape index (κ3) is 110. The zero-order chi connectivity index (χ0) is 82.5. The van der Waals surface area contributed by atoms with Crippen molar-refractivity contribution in [2.75, 3.05) is 73.5 Å². The van der Waals surface area contributed by atoms with Gasteiger partial charge in [-0.25, -0.2) is 52.7 Å². The number of ketones is 1. The number of aldehydes is 1. The van der Waals surface area contributed by atoms with E-state index in [1.807, 2.05) is 0 Å². The van der Waals surface area contributed by atoms with Crippen LogP contribution in [0.15, 0.2) is 12.1 Å². The Morgan fingerprint density at radius 2 is 0.598 bits per heavy atom. The van der Waals surface area contributed by atoms with Gasteiger partial charge in [0.15, 0.2) is 25.4 Å². The maximum Gasteiger partial charge on any atom is 0.476 e. The molecule has 600 valence electrons. The number of halogens is 43. The maximum atomic E-state index is 12.8. The molecule has 2 atom stereocenters. The van der Waals surface area contributed by atoms with Gasteiger partial charge in [-0.05, 0) is 0 Å². The summed E-state index contributed by atoms with van der Waals surface area (Å²) in [5, 5.41) is 0. The number of Topliss-reactive ketones (excluding diaryl/α,β-unsaturated/α-hetero) is 1. The monoisotopic (exact) mass is 1740 g/mol. The van der Waals surface area contributed by atoms with E-state index in [4.69, 9.17) is 67.3 Å². The smallest absolute Gasteiger partial charge is 0.400 e. The zero-order valence-corrected chi connectivity index (χ0v) is 49.4. The highest BCUT2D eigenvalue weighted by atomic mass is 32.3. The summed E-state index contributed by atoms with van der Waals surface area (Å²) in [6.45, 7) is -16.8.